The third-order valence-electron chi connectivity index (χ3n) is 3.90. The van der Waals surface area contributed by atoms with Gasteiger partial charge in [-0.15, -0.1) is 0 Å². The van der Waals surface area contributed by atoms with Gasteiger partial charge in [0.1, 0.15) is 0 Å². The second kappa shape index (κ2) is 8.16. The summed E-state index contributed by atoms with van der Waals surface area (Å²) >= 11 is 5.87. The molecule has 1 aliphatic carbocycles. The first-order valence-corrected chi connectivity index (χ1v) is 7.75. The van der Waals surface area contributed by atoms with Crippen LogP contribution in [-0.4, -0.2) is 18.0 Å². The van der Waals surface area contributed by atoms with Crippen molar-refractivity contribution in [1.82, 2.24) is 0 Å². The normalized spacial score (nSPS) is 20.9. The molecule has 0 aromatic rings. The van der Waals surface area contributed by atoms with Crippen LogP contribution in [-0.2, 0) is 9.53 Å². The second-order valence-electron chi connectivity index (χ2n) is 5.85. The topological polar surface area (TPSA) is 26.3 Å². The molecule has 2 nitrogen and oxygen atoms in total. The maximum Gasteiger partial charge on any atom is 0.227 e. The van der Waals surface area contributed by atoms with Crippen molar-refractivity contribution >= 4 is 16.8 Å². The van der Waals surface area contributed by atoms with E-state index in [2.05, 4.69) is 13.8 Å². The van der Waals surface area contributed by atoms with Gasteiger partial charge in [-0.05, 0) is 49.6 Å². The van der Waals surface area contributed by atoms with Crippen LogP contribution in [0.15, 0.2) is 0 Å². The number of ether oxygens (including phenoxy) is 1. The highest BCUT2D eigenvalue weighted by molar-refractivity contribution is 6.64. The Kier molecular flexibility index (Phi) is 7.25. The van der Waals surface area contributed by atoms with Gasteiger partial charge in [0.05, 0.1) is 12.0 Å². The van der Waals surface area contributed by atoms with Gasteiger partial charge in [0.25, 0.3) is 0 Å². The summed E-state index contributed by atoms with van der Waals surface area (Å²) in [4.78, 5) is 11.8. The van der Waals surface area contributed by atoms with E-state index >= 15 is 0 Å². The van der Waals surface area contributed by atoms with Crippen molar-refractivity contribution in [2.24, 2.45) is 17.8 Å². The molecule has 1 rings (SSSR count). The Hall–Kier alpha value is -0.0800. The molecule has 18 heavy (non-hydrogen) atoms. The monoisotopic (exact) mass is 274 g/mol. The molecule has 0 spiro atoms. The van der Waals surface area contributed by atoms with Crippen molar-refractivity contribution in [2.75, 3.05) is 6.61 Å². The predicted octanol–water partition coefficient (Wildman–Crippen LogP) is 4.40. The molecule has 0 heterocycles. The molecular weight excluding hydrogens is 248 g/mol. The van der Waals surface area contributed by atoms with E-state index in [-0.39, 0.29) is 17.3 Å². The third kappa shape index (κ3) is 4.89. The number of hydrogen-bond donors (Lipinski definition) is 0. The van der Waals surface area contributed by atoms with Gasteiger partial charge in [-0.25, -0.2) is 0 Å². The summed E-state index contributed by atoms with van der Waals surface area (Å²) in [5, 5.41) is -0.194. The van der Waals surface area contributed by atoms with E-state index in [1.807, 2.05) is 6.92 Å². The van der Waals surface area contributed by atoms with Crippen LogP contribution < -0.4 is 0 Å². The zero-order chi connectivity index (χ0) is 13.5. The van der Waals surface area contributed by atoms with Gasteiger partial charge in [-0.3, -0.25) is 4.79 Å². The van der Waals surface area contributed by atoms with Gasteiger partial charge in [0, 0.05) is 6.61 Å². The molecule has 1 saturated carbocycles. The van der Waals surface area contributed by atoms with E-state index in [4.69, 9.17) is 16.3 Å². The lowest BCUT2D eigenvalue weighted by Crippen LogP contribution is -2.36. The molecule has 3 heteroatoms. The van der Waals surface area contributed by atoms with Crippen LogP contribution in [0.1, 0.15) is 59.3 Å². The van der Waals surface area contributed by atoms with Gasteiger partial charge in [-0.2, -0.15) is 0 Å². The summed E-state index contributed by atoms with van der Waals surface area (Å²) in [6.45, 7) is 6.99. The molecule has 0 amide bonds. The number of carbonyl (C=O) groups is 1. The van der Waals surface area contributed by atoms with Crippen molar-refractivity contribution in [3.63, 3.8) is 0 Å². The molecule has 0 radical (unpaired) electrons. The summed E-state index contributed by atoms with van der Waals surface area (Å²) in [5.41, 5.74) is 0. The largest absolute Gasteiger partial charge is 0.378 e. The lowest BCUT2D eigenvalue weighted by molar-refractivity contribution is -0.124. The fraction of sp³-hybridized carbons (Fsp3) is 0.933. The molecule has 0 aliphatic heterocycles. The maximum absolute atomic E-state index is 11.8. The molecule has 0 N–H and O–H groups in total. The van der Waals surface area contributed by atoms with E-state index in [0.29, 0.717) is 18.4 Å². The lowest BCUT2D eigenvalue weighted by Gasteiger charge is -2.34. The Labute approximate surface area is 116 Å². The zero-order valence-electron chi connectivity index (χ0n) is 12.0. The molecule has 1 aliphatic rings. The summed E-state index contributed by atoms with van der Waals surface area (Å²) < 4.78 is 5.82. The van der Waals surface area contributed by atoms with E-state index in [0.717, 1.165) is 19.3 Å². The summed E-state index contributed by atoms with van der Waals surface area (Å²) in [6, 6.07) is 0. The molecule has 0 saturated heterocycles. The molecule has 2 unspecified atom stereocenters. The molecular formula is C15H27ClO2. The van der Waals surface area contributed by atoms with E-state index in [9.17, 15) is 4.79 Å². The average Bonchev–Trinajstić information content (AvgIpc) is 2.29. The maximum atomic E-state index is 11.8. The number of halogens is 1. The minimum absolute atomic E-state index is 0.00287. The third-order valence-corrected chi connectivity index (χ3v) is 4.16. The van der Waals surface area contributed by atoms with Crippen LogP contribution >= 0.6 is 11.6 Å². The van der Waals surface area contributed by atoms with Crippen molar-refractivity contribution in [3.8, 4) is 0 Å². The van der Waals surface area contributed by atoms with Crippen LogP contribution in [0.2, 0.25) is 0 Å². The first-order valence-electron chi connectivity index (χ1n) is 7.37. The first kappa shape index (κ1) is 16.0. The molecule has 106 valence electrons. The van der Waals surface area contributed by atoms with Crippen LogP contribution in [0.3, 0.4) is 0 Å². The quantitative estimate of drug-likeness (QED) is 0.643. The van der Waals surface area contributed by atoms with Crippen LogP contribution in [0.25, 0.3) is 0 Å². The Morgan fingerprint density at radius 3 is 2.33 bits per heavy atom. The highest BCUT2D eigenvalue weighted by Crippen LogP contribution is 2.35. The highest BCUT2D eigenvalue weighted by atomic mass is 35.5. The number of hydrogen-bond acceptors (Lipinski definition) is 2. The molecule has 0 bridgehead atoms. The highest BCUT2D eigenvalue weighted by Gasteiger charge is 2.35. The minimum Gasteiger partial charge on any atom is -0.378 e. The first-order chi connectivity index (χ1) is 8.56. The van der Waals surface area contributed by atoms with E-state index in [1.165, 1.54) is 19.3 Å². The zero-order valence-corrected chi connectivity index (χ0v) is 12.7. The predicted molar refractivity (Wildman–Crippen MR) is 75.8 cm³/mol. The van der Waals surface area contributed by atoms with Crippen molar-refractivity contribution in [2.45, 2.75) is 65.4 Å². The summed E-state index contributed by atoms with van der Waals surface area (Å²) in [6.07, 6.45) is 6.94. The van der Waals surface area contributed by atoms with Gasteiger partial charge in [-0.1, -0.05) is 33.1 Å². The van der Waals surface area contributed by atoms with Crippen molar-refractivity contribution in [3.05, 3.63) is 0 Å². The molecule has 2 atom stereocenters. The molecule has 0 aromatic carbocycles. The SMILES string of the molecule is CCOC(CC(C)C)C(C(=O)Cl)C1CCCCC1. The Bertz CT molecular complexity index is 247. The van der Waals surface area contributed by atoms with Gasteiger partial charge >= 0.3 is 0 Å². The Morgan fingerprint density at radius 2 is 1.89 bits per heavy atom. The van der Waals surface area contributed by atoms with Gasteiger partial charge < -0.3 is 4.74 Å². The van der Waals surface area contributed by atoms with Crippen LogP contribution in [0.5, 0.6) is 0 Å². The smallest absolute Gasteiger partial charge is 0.227 e. The minimum atomic E-state index is -0.194. The lowest BCUT2D eigenvalue weighted by atomic mass is 9.76. The Morgan fingerprint density at radius 1 is 1.28 bits per heavy atom. The van der Waals surface area contributed by atoms with Crippen molar-refractivity contribution < 1.29 is 9.53 Å². The molecule has 0 aromatic heterocycles. The standard InChI is InChI=1S/C15H27ClO2/c1-4-18-13(10-11(2)3)14(15(16)17)12-8-6-5-7-9-12/h11-14H,4-10H2,1-3H3. The fourth-order valence-electron chi connectivity index (χ4n) is 3.13. The second-order valence-corrected chi connectivity index (χ2v) is 6.22. The van der Waals surface area contributed by atoms with Crippen LogP contribution in [0.4, 0.5) is 0 Å². The number of rotatable bonds is 7. The summed E-state index contributed by atoms with van der Waals surface area (Å²) in [7, 11) is 0. The van der Waals surface area contributed by atoms with Gasteiger partial charge in [0.2, 0.25) is 5.24 Å². The van der Waals surface area contributed by atoms with E-state index < -0.39 is 0 Å². The van der Waals surface area contributed by atoms with Crippen molar-refractivity contribution in [1.29, 1.82) is 0 Å². The van der Waals surface area contributed by atoms with Gasteiger partial charge in [0.15, 0.2) is 0 Å². The number of carbonyl (C=O) groups excluding carboxylic acids is 1. The summed E-state index contributed by atoms with van der Waals surface area (Å²) in [5.74, 6) is 0.858. The average molecular weight is 275 g/mol. The Balaban J connectivity index is 2.74. The fourth-order valence-corrected chi connectivity index (χ4v) is 3.44. The van der Waals surface area contributed by atoms with Crippen LogP contribution in [0, 0.1) is 17.8 Å². The molecule has 1 fully saturated rings. The van der Waals surface area contributed by atoms with E-state index in [1.54, 1.807) is 0 Å².